The van der Waals surface area contributed by atoms with Gasteiger partial charge >= 0.3 is 0 Å². The Balaban J connectivity index is 1.74. The molecule has 0 spiro atoms. The first-order chi connectivity index (χ1) is 11.3. The third-order valence-electron chi connectivity index (χ3n) is 4.75. The van der Waals surface area contributed by atoms with Crippen LogP contribution in [0.3, 0.4) is 0 Å². The van der Waals surface area contributed by atoms with Crippen LogP contribution in [0.1, 0.15) is 37.2 Å². The number of methoxy groups -OCH3 is 2. The number of hydrogen-bond acceptors (Lipinski definition) is 3. The Bertz CT molecular complexity index is 607. The molecule has 0 aliphatic heterocycles. The molecule has 0 bridgehead atoms. The van der Waals surface area contributed by atoms with Crippen LogP contribution in [0.5, 0.6) is 11.5 Å². The molecule has 1 N–H and O–H groups in total. The number of anilines is 1. The summed E-state index contributed by atoms with van der Waals surface area (Å²) in [6.45, 7) is 0. The highest BCUT2D eigenvalue weighted by molar-refractivity contribution is 5.48. The average molecular weight is 311 g/mol. The second-order valence-corrected chi connectivity index (χ2v) is 6.14. The molecule has 2 aromatic carbocycles. The van der Waals surface area contributed by atoms with Gasteiger partial charge in [0, 0.05) is 17.6 Å². The number of nitrogens with one attached hydrogen (secondary N) is 1. The summed E-state index contributed by atoms with van der Waals surface area (Å²) in [5.41, 5.74) is 2.56. The van der Waals surface area contributed by atoms with Gasteiger partial charge in [-0.25, -0.2) is 0 Å². The lowest BCUT2D eigenvalue weighted by Gasteiger charge is -2.33. The van der Waals surface area contributed by atoms with Crippen molar-refractivity contribution in [2.75, 3.05) is 19.5 Å². The Morgan fingerprint density at radius 1 is 0.783 bits per heavy atom. The van der Waals surface area contributed by atoms with Crippen molar-refractivity contribution in [1.29, 1.82) is 0 Å². The van der Waals surface area contributed by atoms with Crippen LogP contribution < -0.4 is 14.8 Å². The van der Waals surface area contributed by atoms with E-state index in [0.717, 1.165) is 17.2 Å². The van der Waals surface area contributed by atoms with Gasteiger partial charge in [-0.05, 0) is 54.8 Å². The lowest BCUT2D eigenvalue weighted by molar-refractivity contribution is 0.401. The molecule has 1 fully saturated rings. The van der Waals surface area contributed by atoms with E-state index in [-0.39, 0.29) is 0 Å². The second-order valence-electron chi connectivity index (χ2n) is 6.14. The zero-order valence-corrected chi connectivity index (χ0v) is 13.9. The van der Waals surface area contributed by atoms with E-state index in [1.807, 2.05) is 12.1 Å². The summed E-state index contributed by atoms with van der Waals surface area (Å²) in [5.74, 6) is 2.37. The Morgan fingerprint density at radius 2 is 1.35 bits per heavy atom. The summed E-state index contributed by atoms with van der Waals surface area (Å²) < 4.78 is 10.5. The standard InChI is InChI=1S/C20H25NO2/c1-22-17-11-7-15(8-12-17)19-5-3-4-6-20(19)21-16-9-13-18(23-2)14-10-16/h7-14,19-21H,3-6H2,1-2H3. The quantitative estimate of drug-likeness (QED) is 0.857. The third-order valence-corrected chi connectivity index (χ3v) is 4.75. The normalized spacial score (nSPS) is 20.8. The fourth-order valence-electron chi connectivity index (χ4n) is 3.46. The van der Waals surface area contributed by atoms with E-state index >= 15 is 0 Å². The van der Waals surface area contributed by atoms with E-state index in [1.165, 1.54) is 31.2 Å². The fourth-order valence-corrected chi connectivity index (χ4v) is 3.46. The van der Waals surface area contributed by atoms with Crippen molar-refractivity contribution in [3.05, 3.63) is 54.1 Å². The molecular weight excluding hydrogens is 286 g/mol. The Labute approximate surface area is 138 Å². The summed E-state index contributed by atoms with van der Waals surface area (Å²) in [4.78, 5) is 0. The molecule has 1 saturated carbocycles. The smallest absolute Gasteiger partial charge is 0.119 e. The largest absolute Gasteiger partial charge is 0.497 e. The Kier molecular flexibility index (Phi) is 5.06. The first-order valence-electron chi connectivity index (χ1n) is 8.34. The molecule has 0 saturated heterocycles. The lowest BCUT2D eigenvalue weighted by Crippen LogP contribution is -2.30. The minimum atomic E-state index is 0.477. The Morgan fingerprint density at radius 3 is 1.96 bits per heavy atom. The van der Waals surface area contributed by atoms with E-state index in [9.17, 15) is 0 Å². The third kappa shape index (κ3) is 3.79. The van der Waals surface area contributed by atoms with E-state index in [2.05, 4.69) is 41.7 Å². The molecule has 0 aromatic heterocycles. The zero-order valence-electron chi connectivity index (χ0n) is 13.9. The minimum Gasteiger partial charge on any atom is -0.497 e. The maximum atomic E-state index is 5.27. The lowest BCUT2D eigenvalue weighted by atomic mass is 9.80. The second kappa shape index (κ2) is 7.40. The van der Waals surface area contributed by atoms with E-state index in [4.69, 9.17) is 9.47 Å². The molecular formula is C20H25NO2. The van der Waals surface area contributed by atoms with Crippen molar-refractivity contribution in [3.8, 4) is 11.5 Å². The summed E-state index contributed by atoms with van der Waals surface area (Å²) in [6.07, 6.45) is 5.04. The van der Waals surface area contributed by atoms with E-state index in [1.54, 1.807) is 14.2 Å². The first-order valence-corrected chi connectivity index (χ1v) is 8.34. The van der Waals surface area contributed by atoms with Crippen LogP contribution in [-0.4, -0.2) is 20.3 Å². The monoisotopic (exact) mass is 311 g/mol. The summed E-state index contributed by atoms with van der Waals surface area (Å²) >= 11 is 0. The van der Waals surface area contributed by atoms with Gasteiger partial charge in [0.15, 0.2) is 0 Å². The molecule has 0 amide bonds. The van der Waals surface area contributed by atoms with Crippen molar-refractivity contribution >= 4 is 5.69 Å². The van der Waals surface area contributed by atoms with Gasteiger partial charge in [0.1, 0.15) is 11.5 Å². The van der Waals surface area contributed by atoms with Crippen LogP contribution in [0.2, 0.25) is 0 Å². The highest BCUT2D eigenvalue weighted by atomic mass is 16.5. The van der Waals surface area contributed by atoms with Crippen molar-refractivity contribution in [1.82, 2.24) is 0 Å². The van der Waals surface area contributed by atoms with Crippen molar-refractivity contribution < 1.29 is 9.47 Å². The highest BCUT2D eigenvalue weighted by Gasteiger charge is 2.26. The SMILES string of the molecule is COc1ccc(NC2CCCCC2c2ccc(OC)cc2)cc1. The molecule has 3 rings (SSSR count). The van der Waals surface area contributed by atoms with Gasteiger partial charge in [0.25, 0.3) is 0 Å². The summed E-state index contributed by atoms with van der Waals surface area (Å²) in [7, 11) is 3.41. The molecule has 3 heteroatoms. The van der Waals surface area contributed by atoms with Gasteiger partial charge in [-0.3, -0.25) is 0 Å². The molecule has 23 heavy (non-hydrogen) atoms. The van der Waals surface area contributed by atoms with Gasteiger partial charge in [-0.1, -0.05) is 25.0 Å². The number of benzene rings is 2. The van der Waals surface area contributed by atoms with Gasteiger partial charge < -0.3 is 14.8 Å². The molecule has 2 aromatic rings. The maximum absolute atomic E-state index is 5.27. The number of rotatable bonds is 5. The molecule has 1 aliphatic carbocycles. The first kappa shape index (κ1) is 15.7. The van der Waals surface area contributed by atoms with Crippen molar-refractivity contribution in [2.24, 2.45) is 0 Å². The highest BCUT2D eigenvalue weighted by Crippen LogP contribution is 2.35. The molecule has 2 atom stereocenters. The number of ether oxygens (including phenoxy) is 2. The van der Waals surface area contributed by atoms with Crippen molar-refractivity contribution in [2.45, 2.75) is 37.6 Å². The van der Waals surface area contributed by atoms with Crippen LogP contribution in [0.15, 0.2) is 48.5 Å². The predicted octanol–water partition coefficient (Wildman–Crippen LogP) is 4.84. The van der Waals surface area contributed by atoms with Gasteiger partial charge in [0.05, 0.1) is 14.2 Å². The van der Waals surface area contributed by atoms with Crippen LogP contribution >= 0.6 is 0 Å². The molecule has 0 heterocycles. The topological polar surface area (TPSA) is 30.5 Å². The molecule has 1 aliphatic rings. The van der Waals surface area contributed by atoms with Crippen LogP contribution in [-0.2, 0) is 0 Å². The van der Waals surface area contributed by atoms with E-state index < -0.39 is 0 Å². The summed E-state index contributed by atoms with van der Waals surface area (Å²) in [6, 6.07) is 17.2. The minimum absolute atomic E-state index is 0.477. The molecule has 122 valence electrons. The van der Waals surface area contributed by atoms with E-state index in [0.29, 0.717) is 12.0 Å². The predicted molar refractivity (Wildman–Crippen MR) is 94.6 cm³/mol. The van der Waals surface area contributed by atoms with Crippen molar-refractivity contribution in [3.63, 3.8) is 0 Å². The van der Waals surface area contributed by atoms with Gasteiger partial charge in [-0.2, -0.15) is 0 Å². The zero-order chi connectivity index (χ0) is 16.1. The average Bonchev–Trinajstić information content (AvgIpc) is 2.63. The van der Waals surface area contributed by atoms with Gasteiger partial charge in [0.2, 0.25) is 0 Å². The maximum Gasteiger partial charge on any atom is 0.119 e. The molecule has 0 radical (unpaired) electrons. The Hall–Kier alpha value is -2.16. The van der Waals surface area contributed by atoms with Crippen LogP contribution in [0, 0.1) is 0 Å². The molecule has 2 unspecified atom stereocenters. The van der Waals surface area contributed by atoms with Crippen LogP contribution in [0.25, 0.3) is 0 Å². The van der Waals surface area contributed by atoms with Crippen LogP contribution in [0.4, 0.5) is 5.69 Å². The summed E-state index contributed by atoms with van der Waals surface area (Å²) in [5, 5.41) is 3.72. The molecule has 3 nitrogen and oxygen atoms in total. The number of hydrogen-bond donors (Lipinski definition) is 1. The fraction of sp³-hybridized carbons (Fsp3) is 0.400. The van der Waals surface area contributed by atoms with Gasteiger partial charge in [-0.15, -0.1) is 0 Å².